The maximum absolute atomic E-state index is 12.0. The number of anilines is 1. The van der Waals surface area contributed by atoms with Crippen molar-refractivity contribution in [2.75, 3.05) is 16.8 Å². The maximum Gasteiger partial charge on any atom is 0.227 e. The molecule has 0 aromatic heterocycles. The summed E-state index contributed by atoms with van der Waals surface area (Å²) in [5, 5.41) is 3.52. The van der Waals surface area contributed by atoms with Crippen molar-refractivity contribution < 1.29 is 13.2 Å². The summed E-state index contributed by atoms with van der Waals surface area (Å²) in [6, 6.07) is 4.83. The number of carbonyl (C=O) groups excluding carboxylic acids is 1. The lowest BCUT2D eigenvalue weighted by Gasteiger charge is -2.21. The molecule has 0 spiro atoms. The van der Waals surface area contributed by atoms with E-state index in [0.29, 0.717) is 28.6 Å². The topological polar surface area (TPSA) is 63.2 Å². The van der Waals surface area contributed by atoms with Gasteiger partial charge in [0.2, 0.25) is 5.91 Å². The molecule has 4 nitrogen and oxygen atoms in total. The number of sulfone groups is 1. The lowest BCUT2D eigenvalue weighted by atomic mass is 10.0. The van der Waals surface area contributed by atoms with Gasteiger partial charge in [-0.2, -0.15) is 0 Å². The fourth-order valence-electron chi connectivity index (χ4n) is 1.97. The highest BCUT2D eigenvalue weighted by Gasteiger charge is 2.28. The van der Waals surface area contributed by atoms with E-state index in [-0.39, 0.29) is 23.3 Å². The van der Waals surface area contributed by atoms with E-state index >= 15 is 0 Å². The zero-order valence-corrected chi connectivity index (χ0v) is 12.4. The number of hydrogen-bond donors (Lipinski definition) is 1. The molecule has 0 atom stereocenters. The van der Waals surface area contributed by atoms with Crippen LogP contribution >= 0.6 is 23.2 Å². The Kier molecular flexibility index (Phi) is 4.38. The average Bonchev–Trinajstić information content (AvgIpc) is 2.33. The molecule has 104 valence electrons. The van der Waals surface area contributed by atoms with Gasteiger partial charge in [-0.1, -0.05) is 23.2 Å². The molecule has 2 rings (SSSR count). The Hall–Kier alpha value is -0.780. The van der Waals surface area contributed by atoms with Crippen molar-refractivity contribution in [1.82, 2.24) is 0 Å². The summed E-state index contributed by atoms with van der Waals surface area (Å²) in [5.74, 6) is -0.287. The smallest absolute Gasteiger partial charge is 0.227 e. The Labute approximate surface area is 122 Å². The van der Waals surface area contributed by atoms with E-state index in [1.54, 1.807) is 18.2 Å². The summed E-state index contributed by atoms with van der Waals surface area (Å²) >= 11 is 11.6. The van der Waals surface area contributed by atoms with Crippen LogP contribution in [0.1, 0.15) is 12.8 Å². The van der Waals surface area contributed by atoms with Crippen LogP contribution in [0.5, 0.6) is 0 Å². The van der Waals surface area contributed by atoms with Gasteiger partial charge in [0.25, 0.3) is 0 Å². The first-order valence-corrected chi connectivity index (χ1v) is 8.41. The lowest BCUT2D eigenvalue weighted by molar-refractivity contribution is -0.120. The highest BCUT2D eigenvalue weighted by atomic mass is 35.5. The monoisotopic (exact) mass is 321 g/mol. The second kappa shape index (κ2) is 5.69. The first-order chi connectivity index (χ1) is 8.87. The highest BCUT2D eigenvalue weighted by Crippen LogP contribution is 2.26. The van der Waals surface area contributed by atoms with Crippen molar-refractivity contribution >= 4 is 44.6 Å². The fourth-order valence-corrected chi connectivity index (χ4v) is 3.76. The average molecular weight is 322 g/mol. The van der Waals surface area contributed by atoms with Crippen molar-refractivity contribution in [1.29, 1.82) is 0 Å². The molecule has 19 heavy (non-hydrogen) atoms. The summed E-state index contributed by atoms with van der Waals surface area (Å²) in [6.45, 7) is 0. The van der Waals surface area contributed by atoms with Gasteiger partial charge >= 0.3 is 0 Å². The van der Waals surface area contributed by atoms with E-state index in [4.69, 9.17) is 23.2 Å². The molecule has 1 amide bonds. The Morgan fingerprint density at radius 3 is 2.37 bits per heavy atom. The number of halogens is 2. The van der Waals surface area contributed by atoms with E-state index in [1.807, 2.05) is 0 Å². The fraction of sp³-hybridized carbons (Fsp3) is 0.417. The number of nitrogens with one attached hydrogen (secondary N) is 1. The third-order valence-corrected chi connectivity index (χ3v) is 5.57. The standard InChI is InChI=1S/C12H13Cl2NO3S/c13-10-2-1-9(7-11(10)14)15-12(16)8-3-5-19(17,18)6-4-8/h1-2,7-8H,3-6H2,(H,15,16). The normalized spacial score (nSPS) is 19.1. The summed E-state index contributed by atoms with van der Waals surface area (Å²) in [6.07, 6.45) is 0.741. The van der Waals surface area contributed by atoms with E-state index in [9.17, 15) is 13.2 Å². The van der Waals surface area contributed by atoms with Gasteiger partial charge in [-0.3, -0.25) is 4.79 Å². The van der Waals surface area contributed by atoms with E-state index in [1.165, 1.54) is 0 Å². The third-order valence-electron chi connectivity index (χ3n) is 3.11. The van der Waals surface area contributed by atoms with Gasteiger partial charge in [-0.25, -0.2) is 8.42 Å². The molecule has 7 heteroatoms. The molecule has 1 aliphatic rings. The van der Waals surface area contributed by atoms with Crippen LogP contribution in [0, 0.1) is 5.92 Å². The molecule has 0 radical (unpaired) electrons. The molecule has 0 aliphatic carbocycles. The molecule has 1 aromatic carbocycles. The molecule has 0 unspecified atom stereocenters. The predicted octanol–water partition coefficient (Wildman–Crippen LogP) is 2.76. The molecule has 1 aromatic rings. The van der Waals surface area contributed by atoms with Crippen molar-refractivity contribution in [3.63, 3.8) is 0 Å². The van der Waals surface area contributed by atoms with Gasteiger partial charge in [0.05, 0.1) is 21.6 Å². The molecule has 0 bridgehead atoms. The number of benzene rings is 1. The largest absolute Gasteiger partial charge is 0.326 e. The minimum absolute atomic E-state index is 0.0759. The molecule has 1 fully saturated rings. The predicted molar refractivity (Wildman–Crippen MR) is 76.5 cm³/mol. The zero-order chi connectivity index (χ0) is 14.0. The van der Waals surface area contributed by atoms with E-state index < -0.39 is 9.84 Å². The molecule has 0 saturated carbocycles. The van der Waals surface area contributed by atoms with Crippen molar-refractivity contribution in [2.45, 2.75) is 12.8 Å². The quantitative estimate of drug-likeness (QED) is 0.911. The summed E-state index contributed by atoms with van der Waals surface area (Å²) < 4.78 is 22.6. The van der Waals surface area contributed by atoms with Crippen LogP contribution in [0.4, 0.5) is 5.69 Å². The van der Waals surface area contributed by atoms with Crippen LogP contribution < -0.4 is 5.32 Å². The SMILES string of the molecule is O=C(Nc1ccc(Cl)c(Cl)c1)C1CCS(=O)(=O)CC1. The Morgan fingerprint density at radius 1 is 1.16 bits per heavy atom. The maximum atomic E-state index is 12.0. The first-order valence-electron chi connectivity index (χ1n) is 5.84. The summed E-state index contributed by atoms with van der Waals surface area (Å²) in [5.41, 5.74) is 0.563. The molecule has 1 heterocycles. The van der Waals surface area contributed by atoms with Gasteiger partial charge < -0.3 is 5.32 Å². The minimum Gasteiger partial charge on any atom is -0.326 e. The van der Waals surface area contributed by atoms with Crippen LogP contribution in [0.15, 0.2) is 18.2 Å². The molecular formula is C12H13Cl2NO3S. The van der Waals surface area contributed by atoms with E-state index in [0.717, 1.165) is 0 Å². The van der Waals surface area contributed by atoms with Crippen molar-refractivity contribution in [3.8, 4) is 0 Å². The lowest BCUT2D eigenvalue weighted by Crippen LogP contribution is -2.31. The minimum atomic E-state index is -2.95. The van der Waals surface area contributed by atoms with Crippen LogP contribution in [0.3, 0.4) is 0 Å². The Bertz CT molecular complexity index is 587. The summed E-state index contributed by atoms with van der Waals surface area (Å²) in [7, 11) is -2.95. The Morgan fingerprint density at radius 2 is 1.79 bits per heavy atom. The first kappa shape index (κ1) is 14.6. The number of carbonyl (C=O) groups is 1. The van der Waals surface area contributed by atoms with E-state index in [2.05, 4.69) is 5.32 Å². The van der Waals surface area contributed by atoms with Crippen molar-refractivity contribution in [3.05, 3.63) is 28.2 Å². The van der Waals surface area contributed by atoms with Gasteiger partial charge in [0, 0.05) is 11.6 Å². The highest BCUT2D eigenvalue weighted by molar-refractivity contribution is 7.91. The second-order valence-corrected chi connectivity index (χ2v) is 7.66. The zero-order valence-electron chi connectivity index (χ0n) is 10.0. The van der Waals surface area contributed by atoms with Gasteiger partial charge in [0.15, 0.2) is 0 Å². The van der Waals surface area contributed by atoms with Crippen LogP contribution in [0.25, 0.3) is 0 Å². The number of rotatable bonds is 2. The van der Waals surface area contributed by atoms with Crippen LogP contribution in [-0.2, 0) is 14.6 Å². The molecular weight excluding hydrogens is 309 g/mol. The third kappa shape index (κ3) is 3.84. The van der Waals surface area contributed by atoms with Gasteiger partial charge in [0.1, 0.15) is 9.84 Å². The Balaban J connectivity index is 2.00. The van der Waals surface area contributed by atoms with Gasteiger partial charge in [-0.15, -0.1) is 0 Å². The second-order valence-electron chi connectivity index (χ2n) is 4.54. The molecule has 1 N–H and O–H groups in total. The van der Waals surface area contributed by atoms with Crippen LogP contribution in [0.2, 0.25) is 10.0 Å². The molecule has 1 aliphatic heterocycles. The molecule has 1 saturated heterocycles. The number of hydrogen-bond acceptors (Lipinski definition) is 3. The number of amides is 1. The van der Waals surface area contributed by atoms with Crippen LogP contribution in [-0.4, -0.2) is 25.8 Å². The van der Waals surface area contributed by atoms with Gasteiger partial charge in [-0.05, 0) is 31.0 Å². The summed E-state index contributed by atoms with van der Waals surface area (Å²) in [4.78, 5) is 12.0. The van der Waals surface area contributed by atoms with Crippen molar-refractivity contribution in [2.24, 2.45) is 5.92 Å².